The molecular formula is C51H34N2. The van der Waals surface area contributed by atoms with Gasteiger partial charge in [-0.2, -0.15) is 0 Å². The molecule has 1 aliphatic rings. The van der Waals surface area contributed by atoms with Crippen LogP contribution in [0.15, 0.2) is 170 Å². The van der Waals surface area contributed by atoms with E-state index in [1.807, 2.05) is 0 Å². The molecule has 0 bridgehead atoms. The van der Waals surface area contributed by atoms with Gasteiger partial charge in [0.05, 0.1) is 22.1 Å². The zero-order valence-electron chi connectivity index (χ0n) is 29.6. The topological polar surface area (TPSA) is 9.86 Å². The molecule has 0 radical (unpaired) electrons. The third-order valence-electron chi connectivity index (χ3n) is 12.3. The molecule has 2 heteroatoms. The van der Waals surface area contributed by atoms with Crippen molar-refractivity contribution in [1.82, 2.24) is 9.13 Å². The maximum atomic E-state index is 2.53. The maximum Gasteiger partial charge on any atom is 0.0625 e. The predicted molar refractivity (Wildman–Crippen MR) is 225 cm³/mol. The molecule has 0 spiro atoms. The van der Waals surface area contributed by atoms with Gasteiger partial charge in [0.25, 0.3) is 0 Å². The molecule has 53 heavy (non-hydrogen) atoms. The van der Waals surface area contributed by atoms with E-state index in [9.17, 15) is 0 Å². The maximum absolute atomic E-state index is 2.53. The Kier molecular flexibility index (Phi) is 5.60. The van der Waals surface area contributed by atoms with Gasteiger partial charge in [0, 0.05) is 43.7 Å². The van der Waals surface area contributed by atoms with Gasteiger partial charge in [0.2, 0.25) is 0 Å². The first-order valence-electron chi connectivity index (χ1n) is 18.6. The lowest BCUT2D eigenvalue weighted by Gasteiger charge is -2.22. The number of aromatic nitrogens is 2. The lowest BCUT2D eigenvalue weighted by atomic mass is 9.81. The fraction of sp³-hybridized carbons (Fsp3) is 0.0588. The third-order valence-corrected chi connectivity index (χ3v) is 12.3. The van der Waals surface area contributed by atoms with Crippen molar-refractivity contribution < 1.29 is 0 Å². The highest BCUT2D eigenvalue weighted by molar-refractivity contribution is 6.34. The number of fused-ring (bicyclic) bond motifs is 16. The lowest BCUT2D eigenvalue weighted by Crippen LogP contribution is -2.14. The van der Waals surface area contributed by atoms with Crippen molar-refractivity contribution in [3.05, 3.63) is 181 Å². The highest BCUT2D eigenvalue weighted by Gasteiger charge is 2.36. The number of rotatable bonds is 2. The number of nitrogens with zero attached hydrogens (tertiary/aromatic N) is 2. The minimum Gasteiger partial charge on any atom is -0.309 e. The first kappa shape index (κ1) is 29.0. The van der Waals surface area contributed by atoms with Gasteiger partial charge < -0.3 is 9.13 Å². The van der Waals surface area contributed by atoms with Crippen molar-refractivity contribution in [2.45, 2.75) is 19.3 Å². The van der Waals surface area contributed by atoms with Gasteiger partial charge >= 0.3 is 0 Å². The number of para-hydroxylation sites is 3. The smallest absolute Gasteiger partial charge is 0.0625 e. The van der Waals surface area contributed by atoms with Crippen LogP contribution >= 0.6 is 0 Å². The summed E-state index contributed by atoms with van der Waals surface area (Å²) < 4.78 is 4.95. The van der Waals surface area contributed by atoms with Gasteiger partial charge in [-0.05, 0) is 97.7 Å². The van der Waals surface area contributed by atoms with Crippen LogP contribution in [0.5, 0.6) is 0 Å². The average Bonchev–Trinajstić information content (AvgIpc) is 3.80. The summed E-state index contributed by atoms with van der Waals surface area (Å²) in [6, 6.07) is 63.3. The molecular weight excluding hydrogens is 641 g/mol. The molecule has 0 amide bonds. The molecule has 12 rings (SSSR count). The molecule has 2 aromatic heterocycles. The van der Waals surface area contributed by atoms with E-state index >= 15 is 0 Å². The van der Waals surface area contributed by atoms with Crippen LogP contribution in [0.25, 0.3) is 98.4 Å². The molecule has 0 N–H and O–H groups in total. The Morgan fingerprint density at radius 1 is 0.340 bits per heavy atom. The van der Waals surface area contributed by atoms with E-state index in [-0.39, 0.29) is 5.41 Å². The van der Waals surface area contributed by atoms with Crippen molar-refractivity contribution in [3.8, 4) is 22.5 Å². The molecule has 2 nitrogen and oxygen atoms in total. The molecule has 0 saturated heterocycles. The fourth-order valence-corrected chi connectivity index (χ4v) is 9.91. The highest BCUT2D eigenvalue weighted by atomic mass is 15.0. The first-order valence-corrected chi connectivity index (χ1v) is 18.6. The SMILES string of the molecule is CC1(C)c2ccccc2-c2cc3c4ccccc4c4c(ccc5c6ccccc6n(-c6ccc7c8ccccc8n(-c8ccccc8)c7c6)c54)c3cc21. The van der Waals surface area contributed by atoms with Crippen LogP contribution in [-0.2, 0) is 5.41 Å². The first-order chi connectivity index (χ1) is 26.1. The lowest BCUT2D eigenvalue weighted by molar-refractivity contribution is 0.661. The molecule has 0 saturated carbocycles. The summed E-state index contributed by atoms with van der Waals surface area (Å²) >= 11 is 0. The second-order valence-corrected chi connectivity index (χ2v) is 15.3. The highest BCUT2D eigenvalue weighted by Crippen LogP contribution is 2.52. The van der Waals surface area contributed by atoms with E-state index in [4.69, 9.17) is 0 Å². The Labute approximate surface area is 306 Å². The van der Waals surface area contributed by atoms with E-state index in [2.05, 4.69) is 193 Å². The normalized spacial score (nSPS) is 13.6. The van der Waals surface area contributed by atoms with E-state index in [0.29, 0.717) is 0 Å². The van der Waals surface area contributed by atoms with Crippen molar-refractivity contribution >= 4 is 75.9 Å². The van der Waals surface area contributed by atoms with Gasteiger partial charge in [-0.3, -0.25) is 0 Å². The third kappa shape index (κ3) is 3.72. The van der Waals surface area contributed by atoms with Gasteiger partial charge in [-0.25, -0.2) is 0 Å². The Bertz CT molecular complexity index is 3360. The zero-order valence-corrected chi connectivity index (χ0v) is 29.6. The van der Waals surface area contributed by atoms with Crippen LogP contribution in [0, 0.1) is 0 Å². The van der Waals surface area contributed by atoms with Gasteiger partial charge in [0.1, 0.15) is 0 Å². The number of hydrogen-bond acceptors (Lipinski definition) is 0. The summed E-state index contributed by atoms with van der Waals surface area (Å²) in [5.41, 5.74) is 12.7. The molecule has 2 heterocycles. The second kappa shape index (κ2) is 10.2. The minimum atomic E-state index is -0.0797. The second-order valence-electron chi connectivity index (χ2n) is 15.3. The van der Waals surface area contributed by atoms with Crippen molar-refractivity contribution in [3.63, 3.8) is 0 Å². The monoisotopic (exact) mass is 674 g/mol. The van der Waals surface area contributed by atoms with Gasteiger partial charge in [-0.15, -0.1) is 0 Å². The summed E-state index contributed by atoms with van der Waals surface area (Å²) in [7, 11) is 0. The summed E-state index contributed by atoms with van der Waals surface area (Å²) in [5.74, 6) is 0. The average molecular weight is 675 g/mol. The van der Waals surface area contributed by atoms with Crippen LogP contribution in [0.4, 0.5) is 0 Å². The Balaban J connectivity index is 1.25. The van der Waals surface area contributed by atoms with Gasteiger partial charge in [-0.1, -0.05) is 135 Å². The van der Waals surface area contributed by atoms with E-state index in [0.717, 1.165) is 5.69 Å². The van der Waals surface area contributed by atoms with Crippen LogP contribution in [0.2, 0.25) is 0 Å². The van der Waals surface area contributed by atoms with E-state index in [1.165, 1.54) is 104 Å². The number of hydrogen-bond donors (Lipinski definition) is 0. The zero-order chi connectivity index (χ0) is 35.0. The molecule has 248 valence electrons. The molecule has 11 aromatic rings. The van der Waals surface area contributed by atoms with E-state index in [1.54, 1.807) is 0 Å². The van der Waals surface area contributed by atoms with Crippen LogP contribution in [-0.4, -0.2) is 9.13 Å². The van der Waals surface area contributed by atoms with Crippen molar-refractivity contribution in [1.29, 1.82) is 0 Å². The Morgan fingerprint density at radius 2 is 0.906 bits per heavy atom. The van der Waals surface area contributed by atoms with Crippen LogP contribution in [0.1, 0.15) is 25.0 Å². The fourth-order valence-electron chi connectivity index (χ4n) is 9.91. The van der Waals surface area contributed by atoms with E-state index < -0.39 is 0 Å². The summed E-state index contributed by atoms with van der Waals surface area (Å²) in [6.45, 7) is 4.77. The summed E-state index contributed by atoms with van der Waals surface area (Å²) in [4.78, 5) is 0. The molecule has 0 fully saturated rings. The van der Waals surface area contributed by atoms with Crippen LogP contribution < -0.4 is 0 Å². The molecule has 1 aliphatic carbocycles. The molecule has 0 atom stereocenters. The quantitative estimate of drug-likeness (QED) is 0.162. The molecule has 9 aromatic carbocycles. The molecule has 0 unspecified atom stereocenters. The van der Waals surface area contributed by atoms with Crippen molar-refractivity contribution in [2.75, 3.05) is 0 Å². The Morgan fingerprint density at radius 3 is 1.72 bits per heavy atom. The summed E-state index contributed by atoms with van der Waals surface area (Å²) in [6.07, 6.45) is 0. The van der Waals surface area contributed by atoms with Crippen LogP contribution in [0.3, 0.4) is 0 Å². The van der Waals surface area contributed by atoms with Crippen molar-refractivity contribution in [2.24, 2.45) is 0 Å². The predicted octanol–water partition coefficient (Wildman–Crippen LogP) is 13.6. The molecule has 0 aliphatic heterocycles. The Hall–Kier alpha value is -6.64. The summed E-state index contributed by atoms with van der Waals surface area (Å²) in [5, 5.41) is 12.9. The largest absolute Gasteiger partial charge is 0.309 e. The van der Waals surface area contributed by atoms with Gasteiger partial charge in [0.15, 0.2) is 0 Å². The number of benzene rings is 9. The standard InChI is InChI=1S/C51H34N2/c1-51(2)44-21-11-8-17-34(44)43-29-41-33-16-6-7-20-38(33)49-39(42(41)30-45(43)51)26-27-40-36-19-10-13-23-47(36)53(50(40)49)32-24-25-37-35-18-9-12-22-46(35)52(48(37)28-32)31-14-4-3-5-15-31/h3-30H,1-2H3. The minimum absolute atomic E-state index is 0.0797.